The minimum atomic E-state index is -4.43. The van der Waals surface area contributed by atoms with Gasteiger partial charge in [-0.3, -0.25) is 0 Å². The molecule has 8 heteroatoms. The number of ether oxygens (including phenoxy) is 1. The smallest absolute Gasteiger partial charge is 0.311 e. The highest BCUT2D eigenvalue weighted by atomic mass is 32.3. The molecule has 2 rings (SSSR count). The molecule has 0 aliphatic heterocycles. The number of benzene rings is 2. The SMILES string of the molecule is COc1ccc(S(=O)(=O)OS(=O)(=O)c2ccccc2)cc1. The van der Waals surface area contributed by atoms with E-state index in [9.17, 15) is 16.8 Å². The molecule has 6 nitrogen and oxygen atoms in total. The number of rotatable bonds is 5. The molecule has 0 radical (unpaired) electrons. The average Bonchev–Trinajstić information content (AvgIpc) is 2.47. The van der Waals surface area contributed by atoms with E-state index in [2.05, 4.69) is 3.63 Å². The Bertz CT molecular complexity index is 809. The quantitative estimate of drug-likeness (QED) is 0.831. The summed E-state index contributed by atoms with van der Waals surface area (Å²) in [6, 6.07) is 12.2. The lowest BCUT2D eigenvalue weighted by atomic mass is 10.3. The van der Waals surface area contributed by atoms with Gasteiger partial charge in [-0.15, -0.1) is 3.63 Å². The molecule has 0 fully saturated rings. The van der Waals surface area contributed by atoms with Gasteiger partial charge in [0.15, 0.2) is 0 Å². The van der Waals surface area contributed by atoms with Crippen molar-refractivity contribution >= 4 is 20.2 Å². The summed E-state index contributed by atoms with van der Waals surface area (Å²) in [6.45, 7) is 0. The minimum Gasteiger partial charge on any atom is -0.497 e. The van der Waals surface area contributed by atoms with Crippen LogP contribution in [0.4, 0.5) is 0 Å². The fourth-order valence-corrected chi connectivity index (χ4v) is 4.06. The van der Waals surface area contributed by atoms with Gasteiger partial charge in [0.2, 0.25) is 0 Å². The Morgan fingerprint density at radius 3 is 1.67 bits per heavy atom. The molecule has 112 valence electrons. The first-order chi connectivity index (χ1) is 9.85. The zero-order chi connectivity index (χ0) is 15.5. The van der Waals surface area contributed by atoms with Crippen LogP contribution in [0.15, 0.2) is 64.4 Å². The maximum atomic E-state index is 12.0. The minimum absolute atomic E-state index is 0.234. The van der Waals surface area contributed by atoms with E-state index in [-0.39, 0.29) is 9.79 Å². The third kappa shape index (κ3) is 3.60. The van der Waals surface area contributed by atoms with Gasteiger partial charge in [-0.1, -0.05) is 18.2 Å². The molecule has 2 aromatic carbocycles. The van der Waals surface area contributed by atoms with Gasteiger partial charge in [0.05, 0.1) is 16.9 Å². The maximum absolute atomic E-state index is 12.0. The van der Waals surface area contributed by atoms with Crippen LogP contribution in [0, 0.1) is 0 Å². The van der Waals surface area contributed by atoms with Crippen molar-refractivity contribution in [3.63, 3.8) is 0 Å². The summed E-state index contributed by atoms with van der Waals surface area (Å²) in [5, 5.41) is 0. The monoisotopic (exact) mass is 328 g/mol. The van der Waals surface area contributed by atoms with E-state index < -0.39 is 20.2 Å². The van der Waals surface area contributed by atoms with Crippen molar-refractivity contribution in [2.45, 2.75) is 9.79 Å². The largest absolute Gasteiger partial charge is 0.497 e. The predicted molar refractivity (Wildman–Crippen MR) is 74.9 cm³/mol. The summed E-state index contributed by atoms with van der Waals surface area (Å²) in [5.41, 5.74) is 0. The van der Waals surface area contributed by atoms with Crippen molar-refractivity contribution < 1.29 is 25.2 Å². The standard InChI is InChI=1S/C13H12O6S2/c1-18-11-7-9-13(10-8-11)21(16,17)19-20(14,15)12-5-3-2-4-6-12/h2-10H,1H3. The van der Waals surface area contributed by atoms with Crippen molar-refractivity contribution in [1.82, 2.24) is 0 Å². The summed E-state index contributed by atoms with van der Waals surface area (Å²) in [4.78, 5) is -0.509. The molecular weight excluding hydrogens is 316 g/mol. The van der Waals surface area contributed by atoms with Crippen LogP contribution < -0.4 is 4.74 Å². The molecule has 0 spiro atoms. The first kappa shape index (κ1) is 15.5. The average molecular weight is 328 g/mol. The summed E-state index contributed by atoms with van der Waals surface area (Å²) in [7, 11) is -7.41. The second-order valence-electron chi connectivity index (χ2n) is 3.96. The fourth-order valence-electron chi connectivity index (χ4n) is 1.53. The molecule has 0 atom stereocenters. The molecule has 0 aromatic heterocycles. The highest BCUT2D eigenvalue weighted by Gasteiger charge is 2.26. The summed E-state index contributed by atoms with van der Waals surface area (Å²) >= 11 is 0. The van der Waals surface area contributed by atoms with Crippen molar-refractivity contribution in [2.24, 2.45) is 0 Å². The van der Waals surface area contributed by atoms with E-state index in [1.807, 2.05) is 0 Å². The molecule has 0 unspecified atom stereocenters. The van der Waals surface area contributed by atoms with Crippen LogP contribution in [0.25, 0.3) is 0 Å². The van der Waals surface area contributed by atoms with E-state index in [1.54, 1.807) is 6.07 Å². The van der Waals surface area contributed by atoms with Crippen LogP contribution in [-0.4, -0.2) is 23.9 Å². The van der Waals surface area contributed by atoms with Crippen LogP contribution in [0.2, 0.25) is 0 Å². The van der Waals surface area contributed by atoms with Gasteiger partial charge in [-0.2, -0.15) is 16.8 Å². The molecule has 0 aliphatic rings. The molecule has 0 N–H and O–H groups in total. The van der Waals surface area contributed by atoms with E-state index in [0.29, 0.717) is 5.75 Å². The normalized spacial score (nSPS) is 12.0. The lowest BCUT2D eigenvalue weighted by molar-refractivity contribution is 0.414. The van der Waals surface area contributed by atoms with Crippen LogP contribution in [0.3, 0.4) is 0 Å². The van der Waals surface area contributed by atoms with Gasteiger partial charge in [0.1, 0.15) is 5.75 Å². The second-order valence-corrected chi connectivity index (χ2v) is 7.27. The Morgan fingerprint density at radius 1 is 0.714 bits per heavy atom. The fraction of sp³-hybridized carbons (Fsp3) is 0.0769. The van der Waals surface area contributed by atoms with Gasteiger partial charge in [0.25, 0.3) is 0 Å². The number of hydrogen-bond donors (Lipinski definition) is 0. The van der Waals surface area contributed by atoms with Crippen LogP contribution in [-0.2, 0) is 23.9 Å². The summed E-state index contributed by atoms with van der Waals surface area (Å²) in [5.74, 6) is 0.444. The lowest BCUT2D eigenvalue weighted by Gasteiger charge is -2.07. The van der Waals surface area contributed by atoms with Gasteiger partial charge in [0, 0.05) is 0 Å². The zero-order valence-corrected chi connectivity index (χ0v) is 12.6. The molecule has 0 saturated heterocycles. The van der Waals surface area contributed by atoms with Crippen LogP contribution in [0.5, 0.6) is 5.75 Å². The van der Waals surface area contributed by atoms with Gasteiger partial charge >= 0.3 is 20.2 Å². The van der Waals surface area contributed by atoms with Gasteiger partial charge in [-0.25, -0.2) is 0 Å². The number of hydrogen-bond acceptors (Lipinski definition) is 6. The van der Waals surface area contributed by atoms with E-state index >= 15 is 0 Å². The maximum Gasteiger partial charge on any atom is 0.311 e. The van der Waals surface area contributed by atoms with Crippen molar-refractivity contribution in [3.8, 4) is 5.75 Å². The molecular formula is C13H12O6S2. The van der Waals surface area contributed by atoms with E-state index in [4.69, 9.17) is 4.74 Å². The summed E-state index contributed by atoms with van der Waals surface area (Å²) in [6.07, 6.45) is 0. The molecule has 2 aromatic rings. The molecule has 21 heavy (non-hydrogen) atoms. The Kier molecular flexibility index (Phi) is 4.31. The molecule has 0 saturated carbocycles. The Balaban J connectivity index is 2.32. The topological polar surface area (TPSA) is 86.7 Å². The highest BCUT2D eigenvalue weighted by molar-refractivity contribution is 7.99. The Morgan fingerprint density at radius 2 is 1.19 bits per heavy atom. The first-order valence-corrected chi connectivity index (χ1v) is 8.57. The lowest BCUT2D eigenvalue weighted by Crippen LogP contribution is -2.14. The molecule has 0 amide bonds. The molecule has 0 aliphatic carbocycles. The highest BCUT2D eigenvalue weighted by Crippen LogP contribution is 2.21. The van der Waals surface area contributed by atoms with Crippen molar-refractivity contribution in [3.05, 3.63) is 54.6 Å². The summed E-state index contributed by atoms with van der Waals surface area (Å²) < 4.78 is 57.1. The number of methoxy groups -OCH3 is 1. The third-order valence-electron chi connectivity index (χ3n) is 2.56. The van der Waals surface area contributed by atoms with Gasteiger partial charge < -0.3 is 4.74 Å². The molecule has 0 heterocycles. The second kappa shape index (κ2) is 5.84. The van der Waals surface area contributed by atoms with Gasteiger partial charge in [-0.05, 0) is 36.4 Å². The van der Waals surface area contributed by atoms with Crippen molar-refractivity contribution in [2.75, 3.05) is 7.11 Å². The Hall–Kier alpha value is -1.90. The van der Waals surface area contributed by atoms with E-state index in [1.165, 1.54) is 55.6 Å². The van der Waals surface area contributed by atoms with Crippen LogP contribution in [0.1, 0.15) is 0 Å². The first-order valence-electron chi connectivity index (χ1n) is 5.75. The van der Waals surface area contributed by atoms with Crippen molar-refractivity contribution in [1.29, 1.82) is 0 Å². The third-order valence-corrected chi connectivity index (χ3v) is 5.69. The predicted octanol–water partition coefficient (Wildman–Crippen LogP) is 1.79. The zero-order valence-electron chi connectivity index (χ0n) is 11.0. The van der Waals surface area contributed by atoms with E-state index in [0.717, 1.165) is 0 Å². The molecule has 0 bridgehead atoms. The Labute approximate surface area is 123 Å². The van der Waals surface area contributed by atoms with Crippen LogP contribution >= 0.6 is 0 Å².